The fourth-order valence-electron chi connectivity index (χ4n) is 3.87. The van der Waals surface area contributed by atoms with Crippen LogP contribution < -0.4 is 5.32 Å². The Morgan fingerprint density at radius 3 is 2.95 bits per heavy atom. The molecule has 0 aromatic carbocycles. The summed E-state index contributed by atoms with van der Waals surface area (Å²) in [6.45, 7) is 6.44. The van der Waals surface area contributed by atoms with Gasteiger partial charge < -0.3 is 5.32 Å². The van der Waals surface area contributed by atoms with E-state index in [0.29, 0.717) is 0 Å². The smallest absolute Gasteiger partial charge is 0.107 e. The van der Waals surface area contributed by atoms with E-state index in [0.717, 1.165) is 31.6 Å². The van der Waals surface area contributed by atoms with Crippen molar-refractivity contribution >= 4 is 11.3 Å². The van der Waals surface area contributed by atoms with E-state index in [-0.39, 0.29) is 0 Å². The van der Waals surface area contributed by atoms with Gasteiger partial charge >= 0.3 is 0 Å². The molecule has 1 unspecified atom stereocenters. The molecular weight excluding hydrogens is 266 g/mol. The van der Waals surface area contributed by atoms with Crippen molar-refractivity contribution in [2.45, 2.75) is 64.6 Å². The molecule has 0 bridgehead atoms. The second-order valence-corrected chi connectivity index (χ2v) is 7.18. The number of rotatable bonds is 6. The number of nitrogens with one attached hydrogen (secondary N) is 1. The van der Waals surface area contributed by atoms with Gasteiger partial charge in [0.2, 0.25) is 0 Å². The van der Waals surface area contributed by atoms with Crippen LogP contribution in [-0.4, -0.2) is 29.0 Å². The first-order valence-corrected chi connectivity index (χ1v) is 9.13. The Morgan fingerprint density at radius 2 is 2.15 bits per heavy atom. The molecule has 1 aliphatic heterocycles. The molecule has 0 radical (unpaired) electrons. The zero-order valence-electron chi connectivity index (χ0n) is 12.6. The van der Waals surface area contributed by atoms with E-state index in [1.54, 1.807) is 11.3 Å². The van der Waals surface area contributed by atoms with Gasteiger partial charge in [0.1, 0.15) is 5.01 Å². The van der Waals surface area contributed by atoms with Crippen molar-refractivity contribution in [1.82, 2.24) is 15.2 Å². The summed E-state index contributed by atoms with van der Waals surface area (Å²) in [6, 6.07) is 0.844. The first kappa shape index (κ1) is 14.5. The molecule has 4 heteroatoms. The highest BCUT2D eigenvalue weighted by molar-refractivity contribution is 7.09. The Morgan fingerprint density at radius 1 is 1.30 bits per heavy atom. The normalized spacial score (nSPS) is 24.8. The van der Waals surface area contributed by atoms with E-state index in [1.165, 1.54) is 55.8 Å². The maximum atomic E-state index is 4.79. The minimum absolute atomic E-state index is 0.844. The standard InChI is InChI=1S/C16H27N3S/c1-2-17-10-16-18-14(12-20-16)11-19-9-5-8-15(19)13-6-3-4-7-13/h12-13,15,17H,2-11H2,1H3. The van der Waals surface area contributed by atoms with Crippen molar-refractivity contribution in [3.05, 3.63) is 16.1 Å². The van der Waals surface area contributed by atoms with E-state index in [1.807, 2.05) is 0 Å². The molecular formula is C16H27N3S. The van der Waals surface area contributed by atoms with Crippen LogP contribution in [0.25, 0.3) is 0 Å². The van der Waals surface area contributed by atoms with E-state index in [2.05, 4.69) is 22.5 Å². The van der Waals surface area contributed by atoms with Crippen LogP contribution in [-0.2, 0) is 13.1 Å². The molecule has 1 saturated heterocycles. The Labute approximate surface area is 126 Å². The molecule has 2 heterocycles. The van der Waals surface area contributed by atoms with Gasteiger partial charge in [-0.25, -0.2) is 4.98 Å². The summed E-state index contributed by atoms with van der Waals surface area (Å²) in [4.78, 5) is 7.50. The number of hydrogen-bond acceptors (Lipinski definition) is 4. The lowest BCUT2D eigenvalue weighted by molar-refractivity contribution is 0.181. The molecule has 1 aliphatic carbocycles. The summed E-state index contributed by atoms with van der Waals surface area (Å²) in [7, 11) is 0. The van der Waals surface area contributed by atoms with E-state index in [4.69, 9.17) is 4.98 Å². The number of hydrogen-bond donors (Lipinski definition) is 1. The largest absolute Gasteiger partial charge is 0.311 e. The molecule has 0 spiro atoms. The van der Waals surface area contributed by atoms with E-state index >= 15 is 0 Å². The fraction of sp³-hybridized carbons (Fsp3) is 0.812. The molecule has 1 saturated carbocycles. The first-order chi connectivity index (χ1) is 9.86. The van der Waals surface area contributed by atoms with Crippen LogP contribution in [0.3, 0.4) is 0 Å². The molecule has 2 aliphatic rings. The van der Waals surface area contributed by atoms with Gasteiger partial charge in [-0.15, -0.1) is 11.3 Å². The van der Waals surface area contributed by atoms with Crippen molar-refractivity contribution in [1.29, 1.82) is 0 Å². The van der Waals surface area contributed by atoms with Crippen LogP contribution in [0.15, 0.2) is 5.38 Å². The van der Waals surface area contributed by atoms with Gasteiger partial charge in [-0.1, -0.05) is 19.8 Å². The van der Waals surface area contributed by atoms with Crippen molar-refractivity contribution in [3.8, 4) is 0 Å². The van der Waals surface area contributed by atoms with Gasteiger partial charge in [0, 0.05) is 24.5 Å². The Hall–Kier alpha value is -0.450. The highest BCUT2D eigenvalue weighted by Crippen LogP contribution is 2.36. The highest BCUT2D eigenvalue weighted by Gasteiger charge is 2.33. The molecule has 1 N–H and O–H groups in total. The van der Waals surface area contributed by atoms with Gasteiger partial charge in [0.05, 0.1) is 5.69 Å². The summed E-state index contributed by atoms with van der Waals surface area (Å²) in [6.07, 6.45) is 8.64. The third-order valence-electron chi connectivity index (χ3n) is 4.85. The maximum absolute atomic E-state index is 4.79. The van der Waals surface area contributed by atoms with Crippen LogP contribution in [0.4, 0.5) is 0 Å². The minimum Gasteiger partial charge on any atom is -0.311 e. The zero-order valence-corrected chi connectivity index (χ0v) is 13.4. The molecule has 112 valence electrons. The van der Waals surface area contributed by atoms with Gasteiger partial charge in [0.15, 0.2) is 0 Å². The molecule has 3 rings (SSSR count). The number of aromatic nitrogens is 1. The van der Waals surface area contributed by atoms with Crippen LogP contribution in [0.2, 0.25) is 0 Å². The number of nitrogens with zero attached hydrogens (tertiary/aromatic N) is 2. The van der Waals surface area contributed by atoms with Crippen molar-refractivity contribution in [2.24, 2.45) is 5.92 Å². The second-order valence-electron chi connectivity index (χ2n) is 6.24. The molecule has 2 fully saturated rings. The minimum atomic E-state index is 0.844. The molecule has 1 aromatic heterocycles. The molecule has 3 nitrogen and oxygen atoms in total. The lowest BCUT2D eigenvalue weighted by Crippen LogP contribution is -2.34. The predicted molar refractivity (Wildman–Crippen MR) is 84.9 cm³/mol. The lowest BCUT2D eigenvalue weighted by Gasteiger charge is -2.28. The number of thiazole rings is 1. The van der Waals surface area contributed by atoms with Gasteiger partial charge in [0.25, 0.3) is 0 Å². The fourth-order valence-corrected chi connectivity index (χ4v) is 4.62. The first-order valence-electron chi connectivity index (χ1n) is 8.25. The van der Waals surface area contributed by atoms with Crippen molar-refractivity contribution in [3.63, 3.8) is 0 Å². The average Bonchev–Trinajstić information content (AvgIpc) is 3.18. The topological polar surface area (TPSA) is 28.2 Å². The maximum Gasteiger partial charge on any atom is 0.107 e. The summed E-state index contributed by atoms with van der Waals surface area (Å²) >= 11 is 1.81. The highest BCUT2D eigenvalue weighted by atomic mass is 32.1. The predicted octanol–water partition coefficient (Wildman–Crippen LogP) is 3.41. The van der Waals surface area contributed by atoms with Crippen molar-refractivity contribution in [2.75, 3.05) is 13.1 Å². The number of likely N-dealkylation sites (tertiary alicyclic amines) is 1. The zero-order chi connectivity index (χ0) is 13.8. The third-order valence-corrected chi connectivity index (χ3v) is 5.75. The van der Waals surface area contributed by atoms with Crippen LogP contribution in [0.1, 0.15) is 56.2 Å². The Bertz CT molecular complexity index is 412. The van der Waals surface area contributed by atoms with Gasteiger partial charge in [-0.05, 0) is 44.7 Å². The third kappa shape index (κ3) is 3.41. The van der Waals surface area contributed by atoms with E-state index in [9.17, 15) is 0 Å². The average molecular weight is 293 g/mol. The van der Waals surface area contributed by atoms with Gasteiger partial charge in [-0.2, -0.15) is 0 Å². The SMILES string of the molecule is CCNCc1nc(CN2CCCC2C2CCCC2)cs1. The Balaban J connectivity index is 1.57. The van der Waals surface area contributed by atoms with Crippen LogP contribution >= 0.6 is 11.3 Å². The van der Waals surface area contributed by atoms with Crippen molar-refractivity contribution < 1.29 is 0 Å². The Kier molecular flexibility index (Phi) is 5.08. The van der Waals surface area contributed by atoms with E-state index < -0.39 is 0 Å². The van der Waals surface area contributed by atoms with Gasteiger partial charge in [-0.3, -0.25) is 4.90 Å². The monoisotopic (exact) mass is 293 g/mol. The molecule has 0 amide bonds. The lowest BCUT2D eigenvalue weighted by atomic mass is 9.96. The van der Waals surface area contributed by atoms with Crippen LogP contribution in [0, 0.1) is 5.92 Å². The quantitative estimate of drug-likeness (QED) is 0.871. The summed E-state index contributed by atoms with van der Waals surface area (Å²) in [5.74, 6) is 0.970. The summed E-state index contributed by atoms with van der Waals surface area (Å²) in [5.41, 5.74) is 1.28. The molecule has 20 heavy (non-hydrogen) atoms. The summed E-state index contributed by atoms with van der Waals surface area (Å²) < 4.78 is 0. The summed E-state index contributed by atoms with van der Waals surface area (Å²) in [5, 5.41) is 6.85. The second kappa shape index (κ2) is 7.01. The van der Waals surface area contributed by atoms with Crippen LogP contribution in [0.5, 0.6) is 0 Å². The molecule has 1 aromatic rings. The molecule has 1 atom stereocenters.